The molecule has 0 aliphatic carbocycles. The molecule has 1 heterocycles. The van der Waals surface area contributed by atoms with Crippen molar-refractivity contribution < 1.29 is 19.0 Å². The third-order valence-electron chi connectivity index (χ3n) is 2.95. The Morgan fingerprint density at radius 1 is 1.19 bits per heavy atom. The number of Topliss-reactive ketones (excluding diaryl/α,β-unsaturated/α-hetero) is 1. The zero-order valence-corrected chi connectivity index (χ0v) is 13.1. The smallest absolute Gasteiger partial charge is 0.231 e. The van der Waals surface area contributed by atoms with Gasteiger partial charge in [0, 0.05) is 10.6 Å². The summed E-state index contributed by atoms with van der Waals surface area (Å²) >= 11 is 9.19. The van der Waals surface area contributed by atoms with Crippen LogP contribution < -0.4 is 14.2 Å². The Bertz CT molecular complexity index is 702. The topological polar surface area (TPSA) is 44.8 Å². The van der Waals surface area contributed by atoms with Crippen LogP contribution in [-0.2, 0) is 0 Å². The molecule has 4 nitrogen and oxygen atoms in total. The summed E-state index contributed by atoms with van der Waals surface area (Å²) in [4.78, 5) is 12.1. The first-order chi connectivity index (χ1) is 10.1. The SMILES string of the molecule is O=C(COc1ccc(Cl)cc1Br)c1ccc2c(c1)OCO2. The molecule has 0 spiro atoms. The van der Waals surface area contributed by atoms with Crippen molar-refractivity contribution in [1.29, 1.82) is 0 Å². The Balaban J connectivity index is 1.69. The maximum Gasteiger partial charge on any atom is 0.231 e. The van der Waals surface area contributed by atoms with E-state index in [0.717, 1.165) is 0 Å². The van der Waals surface area contributed by atoms with Crippen LogP contribution in [0.5, 0.6) is 17.2 Å². The molecule has 0 bridgehead atoms. The van der Waals surface area contributed by atoms with Gasteiger partial charge in [-0.05, 0) is 52.3 Å². The Kier molecular flexibility index (Phi) is 4.03. The van der Waals surface area contributed by atoms with Gasteiger partial charge in [0.05, 0.1) is 4.47 Å². The van der Waals surface area contributed by atoms with Gasteiger partial charge in [0.2, 0.25) is 6.79 Å². The molecule has 0 fully saturated rings. The molecule has 2 aromatic carbocycles. The molecule has 0 aromatic heterocycles. The second kappa shape index (κ2) is 5.95. The number of benzene rings is 2. The van der Waals surface area contributed by atoms with Gasteiger partial charge in [-0.25, -0.2) is 0 Å². The lowest BCUT2D eigenvalue weighted by Crippen LogP contribution is -2.11. The predicted octanol–water partition coefficient (Wildman–Crippen LogP) is 4.09. The maximum atomic E-state index is 12.1. The number of ether oxygens (including phenoxy) is 3. The number of hydrogen-bond donors (Lipinski definition) is 0. The summed E-state index contributed by atoms with van der Waals surface area (Å²) in [5.74, 6) is 1.64. The molecule has 0 saturated heterocycles. The van der Waals surface area contributed by atoms with Gasteiger partial charge < -0.3 is 14.2 Å². The average Bonchev–Trinajstić information content (AvgIpc) is 2.93. The van der Waals surface area contributed by atoms with Gasteiger partial charge in [0.25, 0.3) is 0 Å². The zero-order chi connectivity index (χ0) is 14.8. The van der Waals surface area contributed by atoms with Crippen molar-refractivity contribution in [2.24, 2.45) is 0 Å². The Morgan fingerprint density at radius 3 is 2.81 bits per heavy atom. The first kappa shape index (κ1) is 14.2. The van der Waals surface area contributed by atoms with Crippen LogP contribution in [0.25, 0.3) is 0 Å². The largest absolute Gasteiger partial charge is 0.484 e. The number of halogens is 2. The summed E-state index contributed by atoms with van der Waals surface area (Å²) in [7, 11) is 0. The molecule has 0 atom stereocenters. The van der Waals surface area contributed by atoms with E-state index in [9.17, 15) is 4.79 Å². The minimum atomic E-state index is -0.143. The molecule has 0 saturated carbocycles. The molecule has 6 heteroatoms. The third-order valence-corrected chi connectivity index (χ3v) is 3.80. The van der Waals surface area contributed by atoms with Crippen LogP contribution in [0, 0.1) is 0 Å². The summed E-state index contributed by atoms with van der Waals surface area (Å²) in [6, 6.07) is 10.2. The van der Waals surface area contributed by atoms with Crippen molar-refractivity contribution in [3.63, 3.8) is 0 Å². The lowest BCUT2D eigenvalue weighted by Gasteiger charge is -2.08. The Hall–Kier alpha value is -1.72. The van der Waals surface area contributed by atoms with Crippen molar-refractivity contribution >= 4 is 33.3 Å². The molecular weight excluding hydrogens is 360 g/mol. The van der Waals surface area contributed by atoms with Gasteiger partial charge in [-0.3, -0.25) is 4.79 Å². The molecule has 0 radical (unpaired) electrons. The van der Waals surface area contributed by atoms with E-state index < -0.39 is 0 Å². The second-order valence-electron chi connectivity index (χ2n) is 4.35. The van der Waals surface area contributed by atoms with Crippen LogP contribution in [0.3, 0.4) is 0 Å². The monoisotopic (exact) mass is 368 g/mol. The van der Waals surface area contributed by atoms with Crippen LogP contribution in [0.1, 0.15) is 10.4 Å². The fraction of sp³-hybridized carbons (Fsp3) is 0.133. The molecule has 21 heavy (non-hydrogen) atoms. The van der Waals surface area contributed by atoms with E-state index in [0.29, 0.717) is 32.3 Å². The van der Waals surface area contributed by atoms with Gasteiger partial charge in [-0.1, -0.05) is 11.6 Å². The normalized spacial score (nSPS) is 12.3. The summed E-state index contributed by atoms with van der Waals surface area (Å²) in [6.45, 7) is 0.112. The van der Waals surface area contributed by atoms with Gasteiger partial charge in [-0.2, -0.15) is 0 Å². The number of rotatable bonds is 4. The fourth-order valence-electron chi connectivity index (χ4n) is 1.89. The average molecular weight is 370 g/mol. The number of carbonyl (C=O) groups excluding carboxylic acids is 1. The second-order valence-corrected chi connectivity index (χ2v) is 5.65. The van der Waals surface area contributed by atoms with Crippen molar-refractivity contribution in [2.45, 2.75) is 0 Å². The summed E-state index contributed by atoms with van der Waals surface area (Å²) in [5.41, 5.74) is 0.518. The molecule has 0 amide bonds. The highest BCUT2D eigenvalue weighted by molar-refractivity contribution is 9.10. The van der Waals surface area contributed by atoms with Gasteiger partial charge in [0.1, 0.15) is 5.75 Å². The highest BCUT2D eigenvalue weighted by Gasteiger charge is 2.16. The van der Waals surface area contributed by atoms with Crippen molar-refractivity contribution in [1.82, 2.24) is 0 Å². The molecule has 0 N–H and O–H groups in total. The Labute approximate surface area is 134 Å². The lowest BCUT2D eigenvalue weighted by molar-refractivity contribution is 0.0920. The van der Waals surface area contributed by atoms with Crippen LogP contribution in [0.2, 0.25) is 5.02 Å². The maximum absolute atomic E-state index is 12.1. The van der Waals surface area contributed by atoms with Crippen molar-refractivity contribution in [2.75, 3.05) is 13.4 Å². The number of hydrogen-bond acceptors (Lipinski definition) is 4. The molecule has 3 rings (SSSR count). The highest BCUT2D eigenvalue weighted by Crippen LogP contribution is 2.33. The van der Waals surface area contributed by atoms with Gasteiger partial charge >= 0.3 is 0 Å². The quantitative estimate of drug-likeness (QED) is 0.761. The van der Waals surface area contributed by atoms with Crippen molar-refractivity contribution in [3.8, 4) is 17.2 Å². The van der Waals surface area contributed by atoms with E-state index in [1.54, 1.807) is 36.4 Å². The standard InChI is InChI=1S/C15H10BrClO4/c16-11-6-10(17)2-4-13(11)19-7-12(18)9-1-3-14-15(5-9)21-8-20-14/h1-6H,7-8H2. The zero-order valence-electron chi connectivity index (χ0n) is 10.8. The first-order valence-electron chi connectivity index (χ1n) is 6.14. The van der Waals surface area contributed by atoms with Gasteiger partial charge in [0.15, 0.2) is 23.9 Å². The third kappa shape index (κ3) is 3.14. The summed E-state index contributed by atoms with van der Waals surface area (Å²) < 4.78 is 16.7. The predicted molar refractivity (Wildman–Crippen MR) is 81.5 cm³/mol. The van der Waals surface area contributed by atoms with Gasteiger partial charge in [-0.15, -0.1) is 0 Å². The number of fused-ring (bicyclic) bond motifs is 1. The highest BCUT2D eigenvalue weighted by atomic mass is 79.9. The molecule has 1 aliphatic heterocycles. The van der Waals surface area contributed by atoms with E-state index in [1.165, 1.54) is 0 Å². The summed E-state index contributed by atoms with van der Waals surface area (Å²) in [6.07, 6.45) is 0. The van der Waals surface area contributed by atoms with Crippen LogP contribution in [0.4, 0.5) is 0 Å². The van der Waals surface area contributed by atoms with E-state index >= 15 is 0 Å². The van der Waals surface area contributed by atoms with Crippen LogP contribution in [-0.4, -0.2) is 19.2 Å². The number of carbonyl (C=O) groups is 1. The van der Waals surface area contributed by atoms with E-state index in [4.69, 9.17) is 25.8 Å². The molecular formula is C15H10BrClO4. The minimum absolute atomic E-state index is 0.0696. The van der Waals surface area contributed by atoms with Crippen LogP contribution >= 0.6 is 27.5 Å². The minimum Gasteiger partial charge on any atom is -0.484 e. The summed E-state index contributed by atoms with van der Waals surface area (Å²) in [5, 5.41) is 0.594. The molecule has 0 unspecified atom stereocenters. The van der Waals surface area contributed by atoms with E-state index in [2.05, 4.69) is 15.9 Å². The fourth-order valence-corrected chi connectivity index (χ4v) is 2.69. The molecule has 2 aromatic rings. The van der Waals surface area contributed by atoms with E-state index in [1.807, 2.05) is 0 Å². The molecule has 1 aliphatic rings. The molecule has 108 valence electrons. The number of ketones is 1. The van der Waals surface area contributed by atoms with E-state index in [-0.39, 0.29) is 19.2 Å². The van der Waals surface area contributed by atoms with Crippen LogP contribution in [0.15, 0.2) is 40.9 Å². The van der Waals surface area contributed by atoms with Crippen molar-refractivity contribution in [3.05, 3.63) is 51.5 Å². The Morgan fingerprint density at radius 2 is 2.00 bits per heavy atom. The first-order valence-corrected chi connectivity index (χ1v) is 7.31. The lowest BCUT2D eigenvalue weighted by atomic mass is 10.1.